The molecule has 0 aliphatic carbocycles. The standard InChI is InChI=1S/C14H17NO3S/c1-11-9-15(19(17,18)10-11)14-6-5-13(4-3-7-16)8-12(14)2/h5-6,8,11,16H,7,9-10H2,1-2H3. The molecule has 0 saturated carbocycles. The molecule has 1 aliphatic heterocycles. The number of aryl methyl sites for hydroxylation is 1. The molecule has 1 aliphatic rings. The smallest absolute Gasteiger partial charge is 0.235 e. The second-order valence-electron chi connectivity index (χ2n) is 4.88. The lowest BCUT2D eigenvalue weighted by Crippen LogP contribution is -2.26. The van der Waals surface area contributed by atoms with Crippen LogP contribution in [0.5, 0.6) is 0 Å². The van der Waals surface area contributed by atoms with E-state index in [1.165, 1.54) is 4.31 Å². The second-order valence-corrected chi connectivity index (χ2v) is 6.81. The summed E-state index contributed by atoms with van der Waals surface area (Å²) in [5.74, 6) is 5.75. The predicted octanol–water partition coefficient (Wildman–Crippen LogP) is 1.12. The maximum atomic E-state index is 12.0. The maximum Gasteiger partial charge on any atom is 0.235 e. The van der Waals surface area contributed by atoms with Crippen LogP contribution in [-0.2, 0) is 10.0 Å². The van der Waals surface area contributed by atoms with Gasteiger partial charge in [0.15, 0.2) is 0 Å². The fourth-order valence-corrected chi connectivity index (χ4v) is 4.29. The summed E-state index contributed by atoms with van der Waals surface area (Å²) in [5, 5.41) is 8.66. The van der Waals surface area contributed by atoms with Gasteiger partial charge in [-0.05, 0) is 36.6 Å². The fraction of sp³-hybridized carbons (Fsp3) is 0.429. The van der Waals surface area contributed by atoms with Gasteiger partial charge in [-0.1, -0.05) is 18.8 Å². The molecule has 0 radical (unpaired) electrons. The summed E-state index contributed by atoms with van der Waals surface area (Å²) in [6, 6.07) is 5.41. The average Bonchev–Trinajstić information content (AvgIpc) is 2.60. The molecule has 1 unspecified atom stereocenters. The normalized spacial score (nSPS) is 21.0. The minimum Gasteiger partial charge on any atom is -0.384 e. The van der Waals surface area contributed by atoms with Gasteiger partial charge in [0.25, 0.3) is 0 Å². The number of nitrogens with zero attached hydrogens (tertiary/aromatic N) is 1. The third kappa shape index (κ3) is 2.91. The van der Waals surface area contributed by atoms with Crippen LogP contribution >= 0.6 is 0 Å². The molecule has 102 valence electrons. The monoisotopic (exact) mass is 279 g/mol. The Morgan fingerprint density at radius 1 is 1.47 bits per heavy atom. The molecule has 0 bridgehead atoms. The highest BCUT2D eigenvalue weighted by molar-refractivity contribution is 7.93. The van der Waals surface area contributed by atoms with E-state index in [0.717, 1.165) is 16.8 Å². The van der Waals surface area contributed by atoms with E-state index in [2.05, 4.69) is 11.8 Å². The zero-order chi connectivity index (χ0) is 14.0. The maximum absolute atomic E-state index is 12.0. The van der Waals surface area contributed by atoms with Crippen LogP contribution in [0.15, 0.2) is 18.2 Å². The van der Waals surface area contributed by atoms with Gasteiger partial charge in [-0.2, -0.15) is 0 Å². The lowest BCUT2D eigenvalue weighted by Gasteiger charge is -2.19. The molecule has 0 aromatic heterocycles. The molecule has 1 aromatic rings. The van der Waals surface area contributed by atoms with E-state index in [1.807, 2.05) is 19.9 Å². The van der Waals surface area contributed by atoms with Crippen LogP contribution in [0.25, 0.3) is 0 Å². The van der Waals surface area contributed by atoms with Crippen molar-refractivity contribution in [1.29, 1.82) is 0 Å². The van der Waals surface area contributed by atoms with Gasteiger partial charge in [0.1, 0.15) is 6.61 Å². The topological polar surface area (TPSA) is 57.6 Å². The first-order valence-corrected chi connectivity index (χ1v) is 7.76. The number of hydrogen-bond acceptors (Lipinski definition) is 3. The lowest BCUT2D eigenvalue weighted by molar-refractivity contribution is 0.350. The van der Waals surface area contributed by atoms with Crippen molar-refractivity contribution in [3.8, 4) is 11.8 Å². The van der Waals surface area contributed by atoms with Crippen molar-refractivity contribution in [1.82, 2.24) is 0 Å². The zero-order valence-electron chi connectivity index (χ0n) is 11.0. The van der Waals surface area contributed by atoms with E-state index in [1.54, 1.807) is 12.1 Å². The summed E-state index contributed by atoms with van der Waals surface area (Å²) in [6.07, 6.45) is 0. The Labute approximate surface area is 114 Å². The molecular weight excluding hydrogens is 262 g/mol. The van der Waals surface area contributed by atoms with E-state index in [9.17, 15) is 8.42 Å². The third-order valence-electron chi connectivity index (χ3n) is 3.09. The highest BCUT2D eigenvalue weighted by atomic mass is 32.2. The summed E-state index contributed by atoms with van der Waals surface area (Å²) in [5.41, 5.74) is 2.38. The Bertz CT molecular complexity index is 640. The number of aliphatic hydroxyl groups excluding tert-OH is 1. The van der Waals surface area contributed by atoms with E-state index in [4.69, 9.17) is 5.11 Å². The van der Waals surface area contributed by atoms with E-state index >= 15 is 0 Å². The number of benzene rings is 1. The van der Waals surface area contributed by atoms with Gasteiger partial charge < -0.3 is 5.11 Å². The SMILES string of the molecule is Cc1cc(C#CCO)ccc1N1CC(C)CS1(=O)=O. The van der Waals surface area contributed by atoms with Gasteiger partial charge >= 0.3 is 0 Å². The Hall–Kier alpha value is -1.51. The van der Waals surface area contributed by atoms with Gasteiger partial charge in [0.2, 0.25) is 10.0 Å². The molecule has 1 atom stereocenters. The molecule has 4 nitrogen and oxygen atoms in total. The van der Waals surface area contributed by atoms with Gasteiger partial charge in [0.05, 0.1) is 11.4 Å². The molecule has 0 amide bonds. The summed E-state index contributed by atoms with van der Waals surface area (Å²) in [7, 11) is -3.18. The summed E-state index contributed by atoms with van der Waals surface area (Å²) >= 11 is 0. The van der Waals surface area contributed by atoms with Crippen molar-refractivity contribution in [2.45, 2.75) is 13.8 Å². The van der Waals surface area contributed by atoms with Gasteiger partial charge in [-0.25, -0.2) is 8.42 Å². The predicted molar refractivity (Wildman–Crippen MR) is 75.4 cm³/mol. The molecule has 0 spiro atoms. The number of sulfonamides is 1. The molecule has 1 heterocycles. The van der Waals surface area contributed by atoms with Crippen molar-refractivity contribution in [2.24, 2.45) is 5.92 Å². The first-order chi connectivity index (χ1) is 8.94. The largest absolute Gasteiger partial charge is 0.384 e. The number of aliphatic hydroxyl groups is 1. The van der Waals surface area contributed by atoms with Crippen LogP contribution in [0.3, 0.4) is 0 Å². The number of anilines is 1. The van der Waals surface area contributed by atoms with E-state index in [0.29, 0.717) is 6.54 Å². The summed E-state index contributed by atoms with van der Waals surface area (Å²) < 4.78 is 25.6. The van der Waals surface area contributed by atoms with Crippen molar-refractivity contribution in [3.63, 3.8) is 0 Å². The summed E-state index contributed by atoms with van der Waals surface area (Å²) in [6.45, 7) is 4.16. The van der Waals surface area contributed by atoms with Gasteiger partial charge in [-0.15, -0.1) is 0 Å². The molecule has 19 heavy (non-hydrogen) atoms. The van der Waals surface area contributed by atoms with Crippen LogP contribution in [0.2, 0.25) is 0 Å². The first-order valence-electron chi connectivity index (χ1n) is 6.15. The van der Waals surface area contributed by atoms with Crippen molar-refractivity contribution < 1.29 is 13.5 Å². The average molecular weight is 279 g/mol. The lowest BCUT2D eigenvalue weighted by atomic mass is 10.1. The minimum atomic E-state index is -3.18. The molecule has 1 aromatic carbocycles. The molecule has 2 rings (SSSR count). The van der Waals surface area contributed by atoms with Crippen molar-refractivity contribution >= 4 is 15.7 Å². The van der Waals surface area contributed by atoms with E-state index < -0.39 is 10.0 Å². The molecule has 1 saturated heterocycles. The Morgan fingerprint density at radius 3 is 2.74 bits per heavy atom. The quantitative estimate of drug-likeness (QED) is 0.784. The summed E-state index contributed by atoms with van der Waals surface area (Å²) in [4.78, 5) is 0. The molecule has 1 fully saturated rings. The van der Waals surface area contributed by atoms with Gasteiger partial charge in [0, 0.05) is 12.1 Å². The van der Waals surface area contributed by atoms with Crippen LogP contribution in [-0.4, -0.2) is 32.4 Å². The number of rotatable bonds is 1. The van der Waals surface area contributed by atoms with Crippen LogP contribution in [0.1, 0.15) is 18.1 Å². The van der Waals surface area contributed by atoms with Crippen LogP contribution in [0, 0.1) is 24.7 Å². The highest BCUT2D eigenvalue weighted by Crippen LogP contribution is 2.29. The highest BCUT2D eigenvalue weighted by Gasteiger charge is 2.34. The third-order valence-corrected chi connectivity index (χ3v) is 5.09. The minimum absolute atomic E-state index is 0.151. The van der Waals surface area contributed by atoms with Gasteiger partial charge in [-0.3, -0.25) is 4.31 Å². The number of hydrogen-bond donors (Lipinski definition) is 1. The van der Waals surface area contributed by atoms with E-state index in [-0.39, 0.29) is 18.3 Å². The molecule has 1 N–H and O–H groups in total. The zero-order valence-corrected chi connectivity index (χ0v) is 11.9. The molecular formula is C14H17NO3S. The van der Waals surface area contributed by atoms with Crippen molar-refractivity contribution in [3.05, 3.63) is 29.3 Å². The van der Waals surface area contributed by atoms with Crippen LogP contribution in [0.4, 0.5) is 5.69 Å². The Balaban J connectivity index is 2.37. The first kappa shape index (κ1) is 13.9. The second kappa shape index (κ2) is 5.24. The fourth-order valence-electron chi connectivity index (χ4n) is 2.30. The Kier molecular flexibility index (Phi) is 3.83. The molecule has 5 heteroatoms. The van der Waals surface area contributed by atoms with Crippen molar-refractivity contribution in [2.75, 3.05) is 23.2 Å². The Morgan fingerprint density at radius 2 is 2.21 bits per heavy atom. The van der Waals surface area contributed by atoms with Crippen LogP contribution < -0.4 is 4.31 Å².